The van der Waals surface area contributed by atoms with Crippen molar-refractivity contribution < 1.29 is 0 Å². The van der Waals surface area contributed by atoms with Crippen LogP contribution in [0.3, 0.4) is 0 Å². The van der Waals surface area contributed by atoms with E-state index in [-0.39, 0.29) is 5.41 Å². The molecular weight excluding hydrogens is 729 g/mol. The molecule has 4 saturated carbocycles. The van der Waals surface area contributed by atoms with Crippen LogP contribution >= 0.6 is 0 Å². The van der Waals surface area contributed by atoms with Crippen LogP contribution in [0.4, 0.5) is 0 Å². The number of hydrogen-bond acceptors (Lipinski definition) is 2. The predicted molar refractivity (Wildman–Crippen MR) is 247 cm³/mol. The molecule has 59 heavy (non-hydrogen) atoms. The summed E-state index contributed by atoms with van der Waals surface area (Å²) in [7, 11) is -1.97. The summed E-state index contributed by atoms with van der Waals surface area (Å²) >= 11 is 0. The van der Waals surface area contributed by atoms with E-state index in [0.717, 1.165) is 45.7 Å². The first-order valence-electron chi connectivity index (χ1n) is 21.9. The van der Waals surface area contributed by atoms with Crippen LogP contribution in [-0.2, 0) is 5.41 Å². The Morgan fingerprint density at radius 1 is 0.458 bits per heavy atom. The monoisotopic (exact) mass is 774 g/mol. The van der Waals surface area contributed by atoms with Crippen molar-refractivity contribution in [3.05, 3.63) is 169 Å². The van der Waals surface area contributed by atoms with Crippen LogP contribution in [-0.4, -0.2) is 18.0 Å². The van der Waals surface area contributed by atoms with Gasteiger partial charge in [0.25, 0.3) is 0 Å². The number of benzene rings is 7. The van der Waals surface area contributed by atoms with Crippen molar-refractivity contribution in [3.8, 4) is 67.3 Å². The second-order valence-electron chi connectivity index (χ2n) is 19.0. The summed E-state index contributed by atoms with van der Waals surface area (Å²) in [6.45, 7) is 5.18. The molecule has 0 N–H and O–H groups in total. The highest BCUT2D eigenvalue weighted by molar-refractivity contribution is 7.04. The van der Waals surface area contributed by atoms with Gasteiger partial charge in [-0.1, -0.05) is 153 Å². The standard InChI is InChI=1S/C56H46N2Si/c1-59(2)50-20-12-10-18-45(50)53-51(59)32-46-44-17-9-11-19-47(44)56(42-26-34-25-35(28-42)29-43(56)27-34)54(46)52(53)40-23-21-39-31-41(24-22-38(39)30-40)55-57-48(36-13-5-3-6-14-36)33-49(58-55)37-15-7-4-8-16-37/h3-24,30-35,42-43H,25-29H2,1-2H3. The fourth-order valence-electron chi connectivity index (χ4n) is 13.4. The third-order valence-electron chi connectivity index (χ3n) is 15.6. The Morgan fingerprint density at radius 2 is 1.02 bits per heavy atom. The molecule has 0 unspecified atom stereocenters. The van der Waals surface area contributed by atoms with Crippen molar-refractivity contribution in [2.45, 2.75) is 50.6 Å². The largest absolute Gasteiger partial charge is 0.228 e. The average molecular weight is 775 g/mol. The van der Waals surface area contributed by atoms with Gasteiger partial charge in [-0.3, -0.25) is 0 Å². The maximum absolute atomic E-state index is 5.18. The Kier molecular flexibility index (Phi) is 7.10. The summed E-state index contributed by atoms with van der Waals surface area (Å²) in [6.07, 6.45) is 6.99. The second kappa shape index (κ2) is 12.3. The van der Waals surface area contributed by atoms with Gasteiger partial charge >= 0.3 is 0 Å². The molecule has 0 saturated heterocycles. The summed E-state index contributed by atoms with van der Waals surface area (Å²) in [5.74, 6) is 3.96. The van der Waals surface area contributed by atoms with E-state index < -0.39 is 8.07 Å². The van der Waals surface area contributed by atoms with Crippen molar-refractivity contribution in [2.24, 2.45) is 23.7 Å². The Balaban J connectivity index is 1.03. The van der Waals surface area contributed by atoms with E-state index in [1.807, 2.05) is 0 Å². The summed E-state index contributed by atoms with van der Waals surface area (Å²) in [5.41, 5.74) is 17.4. The van der Waals surface area contributed by atoms with E-state index in [1.54, 1.807) is 21.5 Å². The molecule has 0 radical (unpaired) electrons. The molecule has 284 valence electrons. The lowest BCUT2D eigenvalue weighted by molar-refractivity contribution is -0.0397. The maximum atomic E-state index is 5.18. The molecule has 0 atom stereocenters. The highest BCUT2D eigenvalue weighted by Gasteiger charge is 2.63. The lowest BCUT2D eigenvalue weighted by Gasteiger charge is -2.61. The molecule has 6 aliphatic rings. The number of hydrogen-bond donors (Lipinski definition) is 0. The Hall–Kier alpha value is -5.90. The first kappa shape index (κ1) is 34.0. The molecule has 2 nitrogen and oxygen atoms in total. The number of aromatic nitrogens is 2. The van der Waals surface area contributed by atoms with E-state index >= 15 is 0 Å². The van der Waals surface area contributed by atoms with Gasteiger partial charge in [-0.25, -0.2) is 9.97 Å². The zero-order valence-electron chi connectivity index (χ0n) is 33.8. The number of fused-ring (bicyclic) bond motifs is 7. The quantitative estimate of drug-likeness (QED) is 0.166. The highest BCUT2D eigenvalue weighted by atomic mass is 28.3. The summed E-state index contributed by atoms with van der Waals surface area (Å²) in [5, 5.41) is 5.68. The SMILES string of the molecule is C[Si]1(C)c2ccccc2-c2c1cc1c(c2-c2ccc3cc(-c4nc(-c5ccccc5)cc(-c5ccccc5)n4)ccc3c2)C2(c3ccccc3-1)C1CC3CC(C1)CC2C3. The Labute approximate surface area is 348 Å². The van der Waals surface area contributed by atoms with Gasteiger partial charge in [0.05, 0.1) is 11.4 Å². The van der Waals surface area contributed by atoms with Crippen LogP contribution in [0.1, 0.15) is 43.2 Å². The fourth-order valence-corrected chi connectivity index (χ4v) is 16.5. The van der Waals surface area contributed by atoms with Crippen molar-refractivity contribution in [3.63, 3.8) is 0 Å². The van der Waals surface area contributed by atoms with Gasteiger partial charge in [-0.15, -0.1) is 0 Å². The van der Waals surface area contributed by atoms with Crippen LogP contribution < -0.4 is 10.4 Å². The van der Waals surface area contributed by atoms with E-state index in [1.165, 1.54) is 76.3 Å². The Bertz CT molecular complexity index is 2950. The molecule has 4 fully saturated rings. The van der Waals surface area contributed by atoms with E-state index in [0.29, 0.717) is 11.8 Å². The fraction of sp³-hybridized carbons (Fsp3) is 0.214. The molecular formula is C56H46N2Si. The minimum absolute atomic E-state index is 0.0727. The van der Waals surface area contributed by atoms with Crippen LogP contribution in [0, 0.1) is 23.7 Å². The smallest absolute Gasteiger partial charge is 0.160 e. The van der Waals surface area contributed by atoms with Gasteiger partial charge in [0.1, 0.15) is 8.07 Å². The molecule has 2 heterocycles. The van der Waals surface area contributed by atoms with E-state index in [9.17, 15) is 0 Å². The summed E-state index contributed by atoms with van der Waals surface area (Å²) in [6, 6.07) is 59.1. The molecule has 3 heteroatoms. The zero-order valence-corrected chi connectivity index (χ0v) is 34.8. The van der Waals surface area contributed by atoms with Crippen molar-refractivity contribution >= 4 is 29.2 Å². The predicted octanol–water partition coefficient (Wildman–Crippen LogP) is 12.8. The second-order valence-corrected chi connectivity index (χ2v) is 23.3. The van der Waals surface area contributed by atoms with E-state index in [4.69, 9.17) is 9.97 Å². The molecule has 1 aliphatic heterocycles. The molecule has 14 rings (SSSR count). The topological polar surface area (TPSA) is 25.8 Å². The van der Waals surface area contributed by atoms with Crippen molar-refractivity contribution in [1.82, 2.24) is 9.97 Å². The van der Waals surface area contributed by atoms with Crippen LogP contribution in [0.2, 0.25) is 13.1 Å². The van der Waals surface area contributed by atoms with Crippen LogP contribution in [0.15, 0.2) is 158 Å². The molecule has 1 spiro atoms. The summed E-state index contributed by atoms with van der Waals surface area (Å²) < 4.78 is 0. The molecule has 1 aromatic heterocycles. The van der Waals surface area contributed by atoms with Crippen molar-refractivity contribution in [2.75, 3.05) is 0 Å². The van der Waals surface area contributed by atoms with Gasteiger partial charge in [0.2, 0.25) is 0 Å². The van der Waals surface area contributed by atoms with Gasteiger partial charge in [-0.2, -0.15) is 0 Å². The van der Waals surface area contributed by atoms with Gasteiger partial charge in [0.15, 0.2) is 5.82 Å². The van der Waals surface area contributed by atoms with Crippen LogP contribution in [0.5, 0.6) is 0 Å². The third-order valence-corrected chi connectivity index (χ3v) is 19.1. The minimum Gasteiger partial charge on any atom is -0.228 e. The molecule has 8 aromatic rings. The average Bonchev–Trinajstić information content (AvgIpc) is 3.70. The Morgan fingerprint density at radius 3 is 1.68 bits per heavy atom. The number of nitrogens with zero attached hydrogens (tertiary/aromatic N) is 2. The van der Waals surface area contributed by atoms with Gasteiger partial charge < -0.3 is 0 Å². The first-order chi connectivity index (χ1) is 28.9. The zero-order chi connectivity index (χ0) is 39.0. The van der Waals surface area contributed by atoms with E-state index in [2.05, 4.69) is 171 Å². The normalized spacial score (nSPS) is 23.6. The molecule has 5 aliphatic carbocycles. The van der Waals surface area contributed by atoms with Crippen molar-refractivity contribution in [1.29, 1.82) is 0 Å². The number of rotatable bonds is 4. The van der Waals surface area contributed by atoms with Crippen LogP contribution in [0.25, 0.3) is 78.1 Å². The molecule has 7 aromatic carbocycles. The lowest BCUT2D eigenvalue weighted by atomic mass is 9.42. The van der Waals surface area contributed by atoms with Gasteiger partial charge in [-0.05, 0) is 140 Å². The molecule has 0 amide bonds. The maximum Gasteiger partial charge on any atom is 0.160 e. The summed E-state index contributed by atoms with van der Waals surface area (Å²) in [4.78, 5) is 10.4. The van der Waals surface area contributed by atoms with Gasteiger partial charge in [0, 0.05) is 22.1 Å². The highest BCUT2D eigenvalue weighted by Crippen LogP contribution is 2.71. The molecule has 4 bridgehead atoms. The third kappa shape index (κ3) is 4.74. The first-order valence-corrected chi connectivity index (χ1v) is 24.9. The lowest BCUT2D eigenvalue weighted by Crippen LogP contribution is -2.55. The minimum atomic E-state index is -1.97.